The van der Waals surface area contributed by atoms with E-state index in [4.69, 9.17) is 0 Å². The standard InChI is InChI=1S/C16H23N3S/c1-5-17-16(10-14-11-20-12(2)18-14)13-7-6-8-15(9-13)19(3)4/h6-9,11,16-17H,5,10H2,1-4H3. The number of hydrogen-bond donors (Lipinski definition) is 1. The Morgan fingerprint density at radius 2 is 2.15 bits per heavy atom. The van der Waals surface area contributed by atoms with E-state index < -0.39 is 0 Å². The minimum atomic E-state index is 0.321. The molecule has 0 radical (unpaired) electrons. The van der Waals surface area contributed by atoms with Gasteiger partial charge in [0.25, 0.3) is 0 Å². The van der Waals surface area contributed by atoms with Crippen LogP contribution in [0.5, 0.6) is 0 Å². The van der Waals surface area contributed by atoms with Crippen molar-refractivity contribution in [1.29, 1.82) is 0 Å². The van der Waals surface area contributed by atoms with E-state index in [9.17, 15) is 0 Å². The quantitative estimate of drug-likeness (QED) is 0.883. The zero-order valence-electron chi connectivity index (χ0n) is 12.7. The molecule has 1 unspecified atom stereocenters. The van der Waals surface area contributed by atoms with Crippen LogP contribution in [0.15, 0.2) is 29.6 Å². The van der Waals surface area contributed by atoms with Gasteiger partial charge >= 0.3 is 0 Å². The number of aryl methyl sites for hydroxylation is 1. The number of rotatable bonds is 6. The molecule has 3 nitrogen and oxygen atoms in total. The highest BCUT2D eigenvalue weighted by Crippen LogP contribution is 2.23. The maximum absolute atomic E-state index is 4.58. The Balaban J connectivity index is 2.21. The highest BCUT2D eigenvalue weighted by atomic mass is 32.1. The average molecular weight is 289 g/mol. The van der Waals surface area contributed by atoms with Gasteiger partial charge in [0.2, 0.25) is 0 Å². The number of likely N-dealkylation sites (N-methyl/N-ethyl adjacent to an activating group) is 1. The molecule has 0 amide bonds. The number of nitrogens with zero attached hydrogens (tertiary/aromatic N) is 2. The van der Waals surface area contributed by atoms with Crippen LogP contribution < -0.4 is 10.2 Å². The number of aromatic nitrogens is 1. The second-order valence-corrected chi connectivity index (χ2v) is 6.22. The van der Waals surface area contributed by atoms with Crippen LogP contribution >= 0.6 is 11.3 Å². The van der Waals surface area contributed by atoms with Crippen molar-refractivity contribution in [2.24, 2.45) is 0 Å². The second kappa shape index (κ2) is 6.86. The monoisotopic (exact) mass is 289 g/mol. The fourth-order valence-corrected chi connectivity index (χ4v) is 2.91. The largest absolute Gasteiger partial charge is 0.378 e. The molecule has 0 aliphatic heterocycles. The third-order valence-corrected chi connectivity index (χ3v) is 4.14. The SMILES string of the molecule is CCNC(Cc1csc(C)n1)c1cccc(N(C)C)c1. The number of nitrogens with one attached hydrogen (secondary N) is 1. The van der Waals surface area contributed by atoms with Gasteiger partial charge in [0, 0.05) is 37.6 Å². The van der Waals surface area contributed by atoms with Gasteiger partial charge in [-0.3, -0.25) is 0 Å². The topological polar surface area (TPSA) is 28.2 Å². The minimum absolute atomic E-state index is 0.321. The lowest BCUT2D eigenvalue weighted by molar-refractivity contribution is 0.545. The summed E-state index contributed by atoms with van der Waals surface area (Å²) in [7, 11) is 4.15. The number of anilines is 1. The molecule has 0 saturated heterocycles. The van der Waals surface area contributed by atoms with E-state index in [0.29, 0.717) is 6.04 Å². The van der Waals surface area contributed by atoms with Crippen molar-refractivity contribution in [1.82, 2.24) is 10.3 Å². The fourth-order valence-electron chi connectivity index (χ4n) is 2.29. The van der Waals surface area contributed by atoms with Gasteiger partial charge in [-0.1, -0.05) is 19.1 Å². The van der Waals surface area contributed by atoms with Gasteiger partial charge in [0.15, 0.2) is 0 Å². The Kier molecular flexibility index (Phi) is 5.15. The van der Waals surface area contributed by atoms with Gasteiger partial charge in [-0.25, -0.2) is 4.98 Å². The van der Waals surface area contributed by atoms with Crippen LogP contribution in [0.3, 0.4) is 0 Å². The van der Waals surface area contributed by atoms with Crippen molar-refractivity contribution in [2.75, 3.05) is 25.5 Å². The van der Waals surface area contributed by atoms with Gasteiger partial charge in [0.05, 0.1) is 10.7 Å². The van der Waals surface area contributed by atoms with Crippen LogP contribution in [0.25, 0.3) is 0 Å². The van der Waals surface area contributed by atoms with Crippen molar-refractivity contribution in [2.45, 2.75) is 26.3 Å². The first kappa shape index (κ1) is 15.0. The minimum Gasteiger partial charge on any atom is -0.378 e. The predicted molar refractivity (Wildman–Crippen MR) is 87.7 cm³/mol. The lowest BCUT2D eigenvalue weighted by atomic mass is 10.0. The van der Waals surface area contributed by atoms with Gasteiger partial charge in [-0.15, -0.1) is 11.3 Å². The van der Waals surface area contributed by atoms with Gasteiger partial charge in [-0.05, 0) is 31.2 Å². The summed E-state index contributed by atoms with van der Waals surface area (Å²) in [5.41, 5.74) is 3.73. The first-order chi connectivity index (χ1) is 9.60. The van der Waals surface area contributed by atoms with Crippen molar-refractivity contribution in [3.05, 3.63) is 45.9 Å². The molecule has 0 spiro atoms. The molecule has 0 aliphatic rings. The molecule has 20 heavy (non-hydrogen) atoms. The molecule has 108 valence electrons. The van der Waals surface area contributed by atoms with Crippen LogP contribution in [0.1, 0.15) is 29.2 Å². The smallest absolute Gasteiger partial charge is 0.0897 e. The van der Waals surface area contributed by atoms with Gasteiger partial charge in [0.1, 0.15) is 0 Å². The van der Waals surface area contributed by atoms with E-state index >= 15 is 0 Å². The van der Waals surface area contributed by atoms with E-state index in [-0.39, 0.29) is 0 Å². The van der Waals surface area contributed by atoms with Crippen LogP contribution in [0.4, 0.5) is 5.69 Å². The summed E-state index contributed by atoms with van der Waals surface area (Å²) in [6.07, 6.45) is 0.940. The summed E-state index contributed by atoms with van der Waals surface area (Å²) in [4.78, 5) is 6.72. The molecule has 1 aromatic heterocycles. The number of thiazole rings is 1. The number of hydrogen-bond acceptors (Lipinski definition) is 4. The Hall–Kier alpha value is -1.39. The first-order valence-corrected chi connectivity index (χ1v) is 7.89. The molecular formula is C16H23N3S. The van der Waals surface area contributed by atoms with Crippen LogP contribution in [0.2, 0.25) is 0 Å². The van der Waals surface area contributed by atoms with Crippen LogP contribution in [-0.2, 0) is 6.42 Å². The molecule has 2 rings (SSSR count). The summed E-state index contributed by atoms with van der Waals surface area (Å²) < 4.78 is 0. The highest BCUT2D eigenvalue weighted by molar-refractivity contribution is 7.09. The highest BCUT2D eigenvalue weighted by Gasteiger charge is 2.13. The molecule has 1 heterocycles. The molecule has 1 atom stereocenters. The molecule has 0 fully saturated rings. The summed E-state index contributed by atoms with van der Waals surface area (Å²) >= 11 is 1.72. The normalized spacial score (nSPS) is 12.4. The molecule has 0 saturated carbocycles. The summed E-state index contributed by atoms with van der Waals surface area (Å²) in [5.74, 6) is 0. The van der Waals surface area contributed by atoms with Crippen molar-refractivity contribution < 1.29 is 0 Å². The molecular weight excluding hydrogens is 266 g/mol. The Labute approximate surface area is 125 Å². The fraction of sp³-hybridized carbons (Fsp3) is 0.438. The summed E-state index contributed by atoms with van der Waals surface area (Å²) in [5, 5.41) is 6.87. The molecule has 4 heteroatoms. The molecule has 2 aromatic rings. The zero-order valence-corrected chi connectivity index (χ0v) is 13.5. The number of benzene rings is 1. The van der Waals surface area contributed by atoms with Crippen molar-refractivity contribution >= 4 is 17.0 Å². The maximum Gasteiger partial charge on any atom is 0.0897 e. The average Bonchev–Trinajstić information content (AvgIpc) is 2.84. The van der Waals surface area contributed by atoms with Gasteiger partial charge in [-0.2, -0.15) is 0 Å². The lowest BCUT2D eigenvalue weighted by Gasteiger charge is -2.20. The third kappa shape index (κ3) is 3.81. The molecule has 1 N–H and O–H groups in total. The maximum atomic E-state index is 4.58. The van der Waals surface area contributed by atoms with E-state index in [1.807, 2.05) is 0 Å². The van der Waals surface area contributed by atoms with Crippen molar-refractivity contribution in [3.63, 3.8) is 0 Å². The van der Waals surface area contributed by atoms with Crippen LogP contribution in [-0.4, -0.2) is 25.6 Å². The Bertz CT molecular complexity index is 548. The molecule has 0 aliphatic carbocycles. The second-order valence-electron chi connectivity index (χ2n) is 5.16. The van der Waals surface area contributed by atoms with E-state index in [0.717, 1.165) is 18.0 Å². The lowest BCUT2D eigenvalue weighted by Crippen LogP contribution is -2.23. The summed E-state index contributed by atoms with van der Waals surface area (Å²) in [6.45, 7) is 5.16. The third-order valence-electron chi connectivity index (χ3n) is 3.32. The van der Waals surface area contributed by atoms with Gasteiger partial charge < -0.3 is 10.2 Å². The van der Waals surface area contributed by atoms with E-state index in [2.05, 4.69) is 72.8 Å². The Morgan fingerprint density at radius 1 is 1.35 bits per heavy atom. The van der Waals surface area contributed by atoms with E-state index in [1.165, 1.54) is 16.9 Å². The summed E-state index contributed by atoms with van der Waals surface area (Å²) in [6, 6.07) is 9.04. The molecule has 1 aromatic carbocycles. The Morgan fingerprint density at radius 3 is 2.75 bits per heavy atom. The molecule has 0 bridgehead atoms. The predicted octanol–water partition coefficient (Wildman–Crippen LogP) is 3.41. The zero-order chi connectivity index (χ0) is 14.5. The first-order valence-electron chi connectivity index (χ1n) is 7.01. The van der Waals surface area contributed by atoms with Crippen LogP contribution in [0, 0.1) is 6.92 Å². The van der Waals surface area contributed by atoms with Crippen molar-refractivity contribution in [3.8, 4) is 0 Å². The van der Waals surface area contributed by atoms with E-state index in [1.54, 1.807) is 11.3 Å².